The third-order valence-electron chi connectivity index (χ3n) is 10.9. The fourth-order valence-electron chi connectivity index (χ4n) is 7.06. The molecule has 0 aliphatic carbocycles. The van der Waals surface area contributed by atoms with E-state index in [9.17, 15) is 14.4 Å². The average Bonchev–Trinajstić information content (AvgIpc) is 3.05. The van der Waals surface area contributed by atoms with Gasteiger partial charge >= 0.3 is 17.9 Å². The van der Waals surface area contributed by atoms with E-state index in [4.69, 9.17) is 14.2 Å². The average molecular weight is 753 g/mol. The molecule has 2 unspecified atom stereocenters. The number of hydrogen-bond donors (Lipinski definition) is 0. The molecule has 0 fully saturated rings. The zero-order chi connectivity index (χ0) is 40.1. The van der Waals surface area contributed by atoms with Crippen molar-refractivity contribution in [2.75, 3.05) is 40.9 Å². The molecule has 0 aromatic heterocycles. The summed E-state index contributed by atoms with van der Waals surface area (Å²) in [5.41, 5.74) is 0. The highest BCUT2D eigenvalue weighted by Crippen LogP contribution is 2.25. The normalized spacial score (nSPS) is 13.9. The van der Waals surface area contributed by atoms with Crippen LogP contribution in [0.15, 0.2) is 0 Å². The van der Waals surface area contributed by atoms with E-state index < -0.39 is 0 Å². The molecule has 0 rings (SSSR count). The van der Waals surface area contributed by atoms with Gasteiger partial charge in [-0.25, -0.2) is 0 Å². The van der Waals surface area contributed by atoms with Crippen LogP contribution in [0.25, 0.3) is 0 Å². The number of hydrogen-bond acceptors (Lipinski definition) is 6. The minimum Gasteiger partial charge on any atom is -0.466 e. The number of nitrogens with zero attached hydrogens (tertiary/aromatic N) is 1. The summed E-state index contributed by atoms with van der Waals surface area (Å²) in [5, 5.41) is 0. The van der Waals surface area contributed by atoms with Crippen LogP contribution in [0.4, 0.5) is 0 Å². The first-order valence-corrected chi connectivity index (χ1v) is 22.3. The highest BCUT2D eigenvalue weighted by Gasteiger charge is 2.18. The zero-order valence-electron chi connectivity index (χ0n) is 37.1. The Morgan fingerprint density at radius 1 is 0.434 bits per heavy atom. The molecule has 0 N–H and O–H groups in total. The van der Waals surface area contributed by atoms with E-state index in [-0.39, 0.29) is 24.0 Å². The summed E-state index contributed by atoms with van der Waals surface area (Å²) in [4.78, 5) is 37.3. The summed E-state index contributed by atoms with van der Waals surface area (Å²) in [6, 6.07) is 0. The lowest BCUT2D eigenvalue weighted by molar-refractivity contribution is -0.870. The first kappa shape index (κ1) is 51.4. The fourth-order valence-corrected chi connectivity index (χ4v) is 7.06. The molecular formula is C46H90NO6+. The predicted molar refractivity (Wildman–Crippen MR) is 223 cm³/mol. The third-order valence-corrected chi connectivity index (χ3v) is 10.9. The lowest BCUT2D eigenvalue weighted by atomic mass is 9.86. The van der Waals surface area contributed by atoms with Crippen molar-refractivity contribution >= 4 is 17.9 Å². The van der Waals surface area contributed by atoms with Gasteiger partial charge in [-0.05, 0) is 99.7 Å². The minimum atomic E-state index is -0.0697. The molecule has 0 aromatic carbocycles. The van der Waals surface area contributed by atoms with Gasteiger partial charge in [-0.1, -0.05) is 107 Å². The van der Waals surface area contributed by atoms with Crippen LogP contribution in [0.1, 0.15) is 197 Å². The van der Waals surface area contributed by atoms with Crippen LogP contribution in [0, 0.1) is 35.5 Å². The second-order valence-corrected chi connectivity index (χ2v) is 18.8. The van der Waals surface area contributed by atoms with Gasteiger partial charge in [0, 0.05) is 19.3 Å². The van der Waals surface area contributed by atoms with Crippen molar-refractivity contribution in [2.45, 2.75) is 203 Å². The maximum atomic E-state index is 12.7. The van der Waals surface area contributed by atoms with Crippen LogP contribution in [0.3, 0.4) is 0 Å². The van der Waals surface area contributed by atoms with Crippen LogP contribution in [0.5, 0.6) is 0 Å². The molecular weight excluding hydrogens is 663 g/mol. The number of unbranched alkanes of at least 4 members (excludes halogenated alkanes) is 8. The Morgan fingerprint density at radius 3 is 1.19 bits per heavy atom. The van der Waals surface area contributed by atoms with Crippen molar-refractivity contribution in [3.05, 3.63) is 0 Å². The van der Waals surface area contributed by atoms with Gasteiger partial charge in [0.15, 0.2) is 0 Å². The second-order valence-electron chi connectivity index (χ2n) is 18.8. The van der Waals surface area contributed by atoms with E-state index in [0.717, 1.165) is 107 Å². The number of carbonyl (C=O) groups is 3. The van der Waals surface area contributed by atoms with Crippen molar-refractivity contribution in [3.63, 3.8) is 0 Å². The number of esters is 3. The number of carbonyl (C=O) groups excluding carboxylic acids is 3. The van der Waals surface area contributed by atoms with Crippen molar-refractivity contribution in [1.29, 1.82) is 0 Å². The highest BCUT2D eigenvalue weighted by atomic mass is 16.5. The monoisotopic (exact) mass is 753 g/mol. The summed E-state index contributed by atoms with van der Waals surface area (Å²) >= 11 is 0. The van der Waals surface area contributed by atoms with Crippen LogP contribution in [-0.4, -0.2) is 69.4 Å². The van der Waals surface area contributed by atoms with E-state index in [1.807, 2.05) is 0 Å². The quantitative estimate of drug-likeness (QED) is 0.0278. The Labute approximate surface area is 329 Å². The molecule has 0 radical (unpaired) electrons. The van der Waals surface area contributed by atoms with Crippen molar-refractivity contribution in [2.24, 2.45) is 35.5 Å². The first-order valence-electron chi connectivity index (χ1n) is 22.3. The molecule has 0 amide bonds. The van der Waals surface area contributed by atoms with Crippen LogP contribution >= 0.6 is 0 Å². The van der Waals surface area contributed by atoms with Crippen LogP contribution < -0.4 is 0 Å². The SMILES string of the molecule is CC(C)CCC(CCOC(=O)CCCCCCCC(CCCCCCCC(=O)OCCC(CCC(C)C)C(C)C)OC(=O)CCC[N+](C)(C)C)C(C)C. The van der Waals surface area contributed by atoms with Gasteiger partial charge < -0.3 is 18.7 Å². The largest absolute Gasteiger partial charge is 0.466 e. The summed E-state index contributed by atoms with van der Waals surface area (Å²) in [6.45, 7) is 20.2. The molecule has 0 aliphatic rings. The lowest BCUT2D eigenvalue weighted by Gasteiger charge is -2.24. The summed E-state index contributed by atoms with van der Waals surface area (Å²) in [7, 11) is 6.45. The minimum absolute atomic E-state index is 0.0259. The molecule has 0 saturated heterocycles. The molecule has 53 heavy (non-hydrogen) atoms. The Morgan fingerprint density at radius 2 is 0.811 bits per heavy atom. The first-order chi connectivity index (χ1) is 25.0. The van der Waals surface area contributed by atoms with Gasteiger partial charge in [0.25, 0.3) is 0 Å². The van der Waals surface area contributed by atoms with E-state index in [0.29, 0.717) is 68.0 Å². The van der Waals surface area contributed by atoms with Crippen molar-refractivity contribution < 1.29 is 33.1 Å². The van der Waals surface area contributed by atoms with Gasteiger partial charge in [0.05, 0.1) is 47.3 Å². The van der Waals surface area contributed by atoms with E-state index in [2.05, 4.69) is 76.5 Å². The van der Waals surface area contributed by atoms with Gasteiger partial charge in [0.2, 0.25) is 0 Å². The Bertz CT molecular complexity index is 852. The number of quaternary nitrogens is 1. The van der Waals surface area contributed by atoms with Crippen LogP contribution in [-0.2, 0) is 28.6 Å². The van der Waals surface area contributed by atoms with E-state index in [1.165, 1.54) is 25.7 Å². The van der Waals surface area contributed by atoms with Gasteiger partial charge in [-0.15, -0.1) is 0 Å². The fraction of sp³-hybridized carbons (Fsp3) is 0.935. The van der Waals surface area contributed by atoms with Crippen molar-refractivity contribution in [3.8, 4) is 0 Å². The third kappa shape index (κ3) is 33.4. The Balaban J connectivity index is 4.38. The smallest absolute Gasteiger partial charge is 0.306 e. The van der Waals surface area contributed by atoms with Crippen LogP contribution in [0.2, 0.25) is 0 Å². The molecule has 0 aromatic rings. The lowest BCUT2D eigenvalue weighted by Crippen LogP contribution is -2.35. The molecule has 7 heteroatoms. The number of ether oxygens (including phenoxy) is 3. The van der Waals surface area contributed by atoms with Gasteiger partial charge in [-0.2, -0.15) is 0 Å². The van der Waals surface area contributed by atoms with Gasteiger partial charge in [-0.3, -0.25) is 14.4 Å². The standard InChI is InChI=1S/C46H90NO6/c1-37(2)28-30-41(39(5)6)32-35-51-44(48)25-20-16-12-14-18-23-43(53-46(50)27-22-34-47(9,10)11)24-19-15-13-17-21-26-45(49)52-36-33-42(40(7)8)31-29-38(3)4/h37-43H,12-36H2,1-11H3/q+1. The molecule has 0 spiro atoms. The molecule has 2 atom stereocenters. The maximum absolute atomic E-state index is 12.7. The van der Waals surface area contributed by atoms with E-state index >= 15 is 0 Å². The Hall–Kier alpha value is -1.63. The maximum Gasteiger partial charge on any atom is 0.306 e. The van der Waals surface area contributed by atoms with Crippen molar-refractivity contribution in [1.82, 2.24) is 0 Å². The molecule has 314 valence electrons. The molecule has 7 nitrogen and oxygen atoms in total. The molecule has 0 bridgehead atoms. The molecule has 0 heterocycles. The number of rotatable bonds is 35. The zero-order valence-corrected chi connectivity index (χ0v) is 37.1. The second kappa shape index (κ2) is 31.6. The Kier molecular flexibility index (Phi) is 30.6. The topological polar surface area (TPSA) is 78.9 Å². The molecule has 0 saturated carbocycles. The predicted octanol–water partition coefficient (Wildman–Crippen LogP) is 12.1. The van der Waals surface area contributed by atoms with E-state index in [1.54, 1.807) is 0 Å². The summed E-state index contributed by atoms with van der Waals surface area (Å²) in [5.74, 6) is 3.72. The summed E-state index contributed by atoms with van der Waals surface area (Å²) < 4.78 is 18.0. The van der Waals surface area contributed by atoms with Gasteiger partial charge in [0.1, 0.15) is 6.10 Å². The molecule has 0 aliphatic heterocycles. The summed E-state index contributed by atoms with van der Waals surface area (Å²) in [6.07, 6.45) is 21.1. The highest BCUT2D eigenvalue weighted by molar-refractivity contribution is 5.70.